The van der Waals surface area contributed by atoms with Crippen molar-refractivity contribution in [1.82, 2.24) is 0 Å². The van der Waals surface area contributed by atoms with Crippen molar-refractivity contribution in [1.29, 1.82) is 0 Å². The molecule has 0 aliphatic carbocycles. The van der Waals surface area contributed by atoms with Crippen molar-refractivity contribution in [2.24, 2.45) is 0 Å². The Balaban J connectivity index is 0.000000380. The van der Waals surface area contributed by atoms with E-state index in [1.807, 2.05) is 0 Å². The highest BCUT2D eigenvalue weighted by Gasteiger charge is 2.30. The molecule has 2 rings (SSSR count). The topological polar surface area (TPSA) is 157 Å². The summed E-state index contributed by atoms with van der Waals surface area (Å²) in [6.07, 6.45) is -2.12. The number of nitro benzene ring substituents is 2. The number of rotatable bonds is 4. The van der Waals surface area contributed by atoms with Crippen LogP contribution in [0.5, 0.6) is 11.5 Å². The van der Waals surface area contributed by atoms with E-state index in [1.165, 1.54) is 0 Å². The Bertz CT molecular complexity index is 1230. The average molecular weight is 542 g/mol. The zero-order chi connectivity index (χ0) is 29.6. The third kappa shape index (κ3) is 8.35. The van der Waals surface area contributed by atoms with Gasteiger partial charge >= 0.3 is 23.7 Å². The van der Waals surface area contributed by atoms with Crippen LogP contribution in [0.1, 0.15) is 52.7 Å². The Hall–Kier alpha value is -4.36. The van der Waals surface area contributed by atoms with Crippen LogP contribution < -0.4 is 9.47 Å². The van der Waals surface area contributed by atoms with Crippen molar-refractivity contribution in [2.45, 2.75) is 52.4 Å². The number of methoxy groups -OCH3 is 2. The summed E-state index contributed by atoms with van der Waals surface area (Å²) in [6.45, 7) is 10.4. The first kappa shape index (κ1) is 31.7. The molecule has 14 heteroatoms. The van der Waals surface area contributed by atoms with Crippen molar-refractivity contribution in [3.05, 3.63) is 67.3 Å². The van der Waals surface area contributed by atoms with Crippen molar-refractivity contribution < 1.29 is 47.2 Å². The van der Waals surface area contributed by atoms with Gasteiger partial charge in [0, 0.05) is 11.1 Å². The third-order valence-corrected chi connectivity index (χ3v) is 4.80. The van der Waals surface area contributed by atoms with Crippen LogP contribution in [0.4, 0.5) is 29.7 Å². The molecule has 0 aliphatic rings. The number of benzene rings is 2. The molecule has 0 spiro atoms. The van der Waals surface area contributed by atoms with Gasteiger partial charge in [-0.3, -0.25) is 20.2 Å². The van der Waals surface area contributed by atoms with Crippen molar-refractivity contribution >= 4 is 23.7 Å². The molecule has 38 heavy (non-hydrogen) atoms. The maximum atomic E-state index is 13.6. The van der Waals surface area contributed by atoms with E-state index in [-0.39, 0.29) is 17.1 Å². The largest absolute Gasteiger partial charge is 0.513 e. The number of ether oxygens (including phenoxy) is 4. The Morgan fingerprint density at radius 1 is 0.737 bits per heavy atom. The zero-order valence-electron chi connectivity index (χ0n) is 22.0. The van der Waals surface area contributed by atoms with Crippen LogP contribution in [0.2, 0.25) is 0 Å². The molecule has 208 valence electrons. The van der Waals surface area contributed by atoms with Gasteiger partial charge in [0.05, 0.1) is 36.2 Å². The van der Waals surface area contributed by atoms with Crippen LogP contribution in [0, 0.1) is 31.9 Å². The molecule has 0 saturated carbocycles. The standard InChI is InChI=1S/2C12H14FNO5/c1-12(2,3)7-5-8(13)9(14(16)17)6-10(7)19-11(15)18-4;1-12(2,3)8-5-7(13)6-9(14(16)17)10(8)19-11(15)18-4/h2*5-6H,1-4H3. The van der Waals surface area contributed by atoms with Crippen LogP contribution in [0.15, 0.2) is 24.3 Å². The van der Waals surface area contributed by atoms with Crippen LogP contribution in [-0.2, 0) is 20.3 Å². The van der Waals surface area contributed by atoms with Gasteiger partial charge in [0.1, 0.15) is 11.6 Å². The Kier molecular flexibility index (Phi) is 10.2. The molecular weight excluding hydrogens is 514 g/mol. The van der Waals surface area contributed by atoms with E-state index in [1.54, 1.807) is 41.5 Å². The maximum absolute atomic E-state index is 13.6. The molecule has 0 aliphatic heterocycles. The first-order valence-corrected chi connectivity index (χ1v) is 10.8. The van der Waals surface area contributed by atoms with E-state index in [0.717, 1.165) is 32.4 Å². The second kappa shape index (κ2) is 12.3. The van der Waals surface area contributed by atoms with Crippen molar-refractivity contribution in [3.8, 4) is 11.5 Å². The van der Waals surface area contributed by atoms with E-state index < -0.39 is 56.0 Å². The SMILES string of the molecule is COC(=O)Oc1c([N+](=O)[O-])cc(F)cc1C(C)(C)C.COC(=O)Oc1cc([N+](=O)[O-])c(F)cc1C(C)(C)C. The Morgan fingerprint density at radius 2 is 1.21 bits per heavy atom. The molecule has 0 unspecified atom stereocenters. The minimum atomic E-state index is -1.10. The van der Waals surface area contributed by atoms with E-state index >= 15 is 0 Å². The molecule has 0 atom stereocenters. The molecule has 0 saturated heterocycles. The lowest BCUT2D eigenvalue weighted by Crippen LogP contribution is -2.18. The molecule has 2 aromatic carbocycles. The summed E-state index contributed by atoms with van der Waals surface area (Å²) in [6, 6.07) is 3.68. The van der Waals surface area contributed by atoms with Crippen molar-refractivity contribution in [2.75, 3.05) is 14.2 Å². The number of hydrogen-bond acceptors (Lipinski definition) is 10. The van der Waals surface area contributed by atoms with E-state index in [9.17, 15) is 38.6 Å². The number of halogens is 2. The van der Waals surface area contributed by atoms with Gasteiger partial charge in [-0.2, -0.15) is 4.39 Å². The first-order valence-electron chi connectivity index (χ1n) is 10.8. The summed E-state index contributed by atoms with van der Waals surface area (Å²) < 4.78 is 45.3. The highest BCUT2D eigenvalue weighted by molar-refractivity contribution is 5.68. The van der Waals surface area contributed by atoms with Crippen molar-refractivity contribution in [3.63, 3.8) is 0 Å². The second-order valence-electron chi connectivity index (χ2n) is 9.73. The highest BCUT2D eigenvalue weighted by atomic mass is 19.1. The zero-order valence-corrected chi connectivity index (χ0v) is 22.0. The number of carbonyl (C=O) groups excluding carboxylic acids is 2. The molecule has 0 N–H and O–H groups in total. The predicted molar refractivity (Wildman–Crippen MR) is 130 cm³/mol. The van der Waals surface area contributed by atoms with Gasteiger partial charge < -0.3 is 18.9 Å². The molecule has 2 aromatic rings. The Morgan fingerprint density at radius 3 is 1.63 bits per heavy atom. The average Bonchev–Trinajstić information content (AvgIpc) is 2.79. The molecule has 0 aromatic heterocycles. The van der Waals surface area contributed by atoms with Gasteiger partial charge in [0.25, 0.3) is 0 Å². The predicted octanol–water partition coefficient (Wildman–Crippen LogP) is 6.35. The molecule has 12 nitrogen and oxygen atoms in total. The monoisotopic (exact) mass is 542 g/mol. The second-order valence-corrected chi connectivity index (χ2v) is 9.73. The third-order valence-electron chi connectivity index (χ3n) is 4.80. The molecule has 0 fully saturated rings. The molecule has 0 bridgehead atoms. The summed E-state index contributed by atoms with van der Waals surface area (Å²) in [5, 5.41) is 21.6. The van der Waals surface area contributed by atoms with Gasteiger partial charge in [0.2, 0.25) is 11.6 Å². The van der Waals surface area contributed by atoms with Crippen LogP contribution in [-0.4, -0.2) is 36.4 Å². The quantitative estimate of drug-likeness (QED) is 0.184. The fourth-order valence-corrected chi connectivity index (χ4v) is 2.99. The maximum Gasteiger partial charge on any atom is 0.513 e. The van der Waals surface area contributed by atoms with Gasteiger partial charge in [-0.05, 0) is 23.0 Å². The Labute approximate surface area is 216 Å². The number of carbonyl (C=O) groups is 2. The van der Waals surface area contributed by atoms with Gasteiger partial charge in [-0.1, -0.05) is 41.5 Å². The lowest BCUT2D eigenvalue weighted by Gasteiger charge is -2.21. The summed E-state index contributed by atoms with van der Waals surface area (Å²) in [5.74, 6) is -2.14. The summed E-state index contributed by atoms with van der Waals surface area (Å²) >= 11 is 0. The van der Waals surface area contributed by atoms with Crippen LogP contribution in [0.3, 0.4) is 0 Å². The molecule has 0 amide bonds. The minimum absolute atomic E-state index is 0.0903. The van der Waals surface area contributed by atoms with Gasteiger partial charge in [-0.15, -0.1) is 0 Å². The molecule has 0 heterocycles. The number of nitrogens with zero attached hydrogens (tertiary/aromatic N) is 2. The van der Waals surface area contributed by atoms with E-state index in [2.05, 4.69) is 9.47 Å². The highest BCUT2D eigenvalue weighted by Crippen LogP contribution is 2.39. The first-order chi connectivity index (χ1) is 17.3. The summed E-state index contributed by atoms with van der Waals surface area (Å²) in [4.78, 5) is 42.2. The van der Waals surface area contributed by atoms with Crippen LogP contribution in [0.25, 0.3) is 0 Å². The van der Waals surface area contributed by atoms with Crippen LogP contribution >= 0.6 is 0 Å². The molecular formula is C24H28F2N2O10. The fraction of sp³-hybridized carbons (Fsp3) is 0.417. The van der Waals surface area contributed by atoms with Gasteiger partial charge in [0.15, 0.2) is 0 Å². The lowest BCUT2D eigenvalue weighted by molar-refractivity contribution is -0.387. The normalized spacial score (nSPS) is 11.0. The fourth-order valence-electron chi connectivity index (χ4n) is 2.99. The number of nitro groups is 2. The van der Waals surface area contributed by atoms with E-state index in [0.29, 0.717) is 11.6 Å². The van der Waals surface area contributed by atoms with E-state index in [4.69, 9.17) is 9.47 Å². The molecule has 0 radical (unpaired) electrons. The summed E-state index contributed by atoms with van der Waals surface area (Å²) in [5.41, 5.74) is -2.02. The lowest BCUT2D eigenvalue weighted by atomic mass is 9.86. The summed E-state index contributed by atoms with van der Waals surface area (Å²) in [7, 11) is 2.19. The smallest absolute Gasteiger partial charge is 0.437 e. The minimum Gasteiger partial charge on any atom is -0.437 e. The number of hydrogen-bond donors (Lipinski definition) is 0. The van der Waals surface area contributed by atoms with Gasteiger partial charge in [-0.25, -0.2) is 14.0 Å².